The fourth-order valence-corrected chi connectivity index (χ4v) is 9.59. The first-order valence-corrected chi connectivity index (χ1v) is 20.6. The van der Waals surface area contributed by atoms with Crippen molar-refractivity contribution < 1.29 is 27.4 Å². The molecule has 268 valence electrons. The van der Waals surface area contributed by atoms with E-state index in [1.165, 1.54) is 7.11 Å². The molecule has 13 heteroatoms. The number of fused-ring (bicyclic) bond motifs is 2. The van der Waals surface area contributed by atoms with Crippen LogP contribution in [0.4, 0.5) is 14.6 Å². The van der Waals surface area contributed by atoms with Gasteiger partial charge in [-0.2, -0.15) is 15.0 Å². The molecule has 2 aromatic heterocycles. The molecule has 0 bridgehead atoms. The van der Waals surface area contributed by atoms with E-state index in [4.69, 9.17) is 35.2 Å². The van der Waals surface area contributed by atoms with E-state index in [2.05, 4.69) is 67.8 Å². The van der Waals surface area contributed by atoms with Crippen LogP contribution in [0.2, 0.25) is 23.3 Å². The molecule has 0 radical (unpaired) electrons. The molecule has 4 atom stereocenters. The van der Waals surface area contributed by atoms with Crippen molar-refractivity contribution in [3.8, 4) is 11.9 Å². The Morgan fingerprint density at radius 1 is 1.14 bits per heavy atom. The summed E-state index contributed by atoms with van der Waals surface area (Å²) in [5.74, 6) is -0.280. The first-order chi connectivity index (χ1) is 23.1. The number of piperidine rings is 1. The Labute approximate surface area is 294 Å². The fraction of sp³-hybridized carbons (Fsp3) is 0.639. The highest BCUT2D eigenvalue weighted by Crippen LogP contribution is 2.49. The summed E-state index contributed by atoms with van der Waals surface area (Å²) in [6, 6.07) is 10.3. The smallest absolute Gasteiger partial charge is 0.319 e. The monoisotopic (exact) mass is 717 g/mol. The van der Waals surface area contributed by atoms with Gasteiger partial charge < -0.3 is 23.5 Å². The van der Waals surface area contributed by atoms with Gasteiger partial charge in [0.25, 0.3) is 0 Å². The highest BCUT2D eigenvalue weighted by Gasteiger charge is 2.51. The number of rotatable bonds is 9. The summed E-state index contributed by atoms with van der Waals surface area (Å²) in [5.41, 5.74) is -0.00267. The normalized spacial score (nSPS) is 26.9. The molecule has 9 nitrogen and oxygen atoms in total. The van der Waals surface area contributed by atoms with Crippen LogP contribution in [0, 0.1) is 11.2 Å². The van der Waals surface area contributed by atoms with Crippen molar-refractivity contribution in [3.05, 3.63) is 46.9 Å². The SMILES string of the molecule is COc1nc(Cl)c(F)c2nc(OC[C@]34CCC[C@H]3N(Cc3ccccc3)C[C@@H](F)C4)nc(N3CCOC[C@@](C)(O[Si](C)(C)C(C)(C)C)C3)c12. The lowest BCUT2D eigenvalue weighted by Crippen LogP contribution is -2.55. The number of hydrogen-bond donors (Lipinski definition) is 0. The maximum Gasteiger partial charge on any atom is 0.319 e. The number of benzene rings is 1. The zero-order valence-corrected chi connectivity index (χ0v) is 31.6. The molecule has 2 aliphatic heterocycles. The highest BCUT2D eigenvalue weighted by molar-refractivity contribution is 6.74. The molecule has 6 rings (SSSR count). The summed E-state index contributed by atoms with van der Waals surface area (Å²) in [7, 11) is -0.755. The van der Waals surface area contributed by atoms with E-state index in [1.54, 1.807) is 0 Å². The zero-order valence-electron chi connectivity index (χ0n) is 29.8. The summed E-state index contributed by atoms with van der Waals surface area (Å²) >= 11 is 6.25. The Balaban J connectivity index is 1.35. The number of aromatic nitrogens is 3. The van der Waals surface area contributed by atoms with Crippen LogP contribution >= 0.6 is 11.6 Å². The van der Waals surface area contributed by atoms with Gasteiger partial charge in [0.05, 0.1) is 32.5 Å². The quantitative estimate of drug-likeness (QED) is 0.164. The summed E-state index contributed by atoms with van der Waals surface area (Å²) in [6.45, 7) is 16.0. The Kier molecular flexibility index (Phi) is 10.2. The van der Waals surface area contributed by atoms with Crippen LogP contribution in [-0.2, 0) is 15.7 Å². The Morgan fingerprint density at radius 2 is 1.90 bits per heavy atom. The van der Waals surface area contributed by atoms with Crippen LogP contribution in [0.25, 0.3) is 10.9 Å². The van der Waals surface area contributed by atoms with Crippen LogP contribution < -0.4 is 14.4 Å². The number of alkyl halides is 1. The molecule has 0 spiro atoms. The van der Waals surface area contributed by atoms with Gasteiger partial charge in [-0.3, -0.25) is 4.90 Å². The first-order valence-electron chi connectivity index (χ1n) is 17.3. The maximum absolute atomic E-state index is 15.8. The fourth-order valence-electron chi connectivity index (χ4n) is 7.76. The summed E-state index contributed by atoms with van der Waals surface area (Å²) in [5, 5.41) is -0.0844. The molecule has 2 saturated heterocycles. The lowest BCUT2D eigenvalue weighted by molar-refractivity contribution is -0.0405. The molecule has 1 aromatic carbocycles. The summed E-state index contributed by atoms with van der Waals surface area (Å²) < 4.78 is 56.4. The van der Waals surface area contributed by atoms with Crippen LogP contribution in [-0.4, -0.2) is 92.5 Å². The Hall–Kier alpha value is -2.64. The second kappa shape index (κ2) is 13.8. The van der Waals surface area contributed by atoms with Crippen LogP contribution in [0.3, 0.4) is 0 Å². The number of anilines is 1. The average molecular weight is 718 g/mol. The molecule has 4 heterocycles. The lowest BCUT2D eigenvalue weighted by atomic mass is 9.74. The number of halogens is 3. The van der Waals surface area contributed by atoms with Crippen molar-refractivity contribution >= 4 is 36.6 Å². The van der Waals surface area contributed by atoms with Crippen LogP contribution in [0.5, 0.6) is 11.9 Å². The van der Waals surface area contributed by atoms with Crippen molar-refractivity contribution in [2.24, 2.45) is 5.41 Å². The van der Waals surface area contributed by atoms with Gasteiger partial charge in [0.15, 0.2) is 19.3 Å². The number of nitrogens with zero attached hydrogens (tertiary/aromatic N) is 5. The first kappa shape index (κ1) is 36.2. The average Bonchev–Trinajstić information content (AvgIpc) is 3.37. The van der Waals surface area contributed by atoms with E-state index in [9.17, 15) is 0 Å². The van der Waals surface area contributed by atoms with Crippen molar-refractivity contribution in [1.29, 1.82) is 0 Å². The number of likely N-dealkylation sites (tertiary alicyclic amines) is 1. The third-order valence-corrected chi connectivity index (χ3v) is 15.9. The Morgan fingerprint density at radius 3 is 2.61 bits per heavy atom. The highest BCUT2D eigenvalue weighted by atomic mass is 35.5. The van der Waals surface area contributed by atoms with E-state index >= 15 is 8.78 Å². The van der Waals surface area contributed by atoms with Crippen LogP contribution in [0.15, 0.2) is 30.3 Å². The lowest BCUT2D eigenvalue weighted by Gasteiger charge is -2.47. The van der Waals surface area contributed by atoms with Crippen molar-refractivity contribution in [1.82, 2.24) is 19.9 Å². The number of pyridine rings is 1. The van der Waals surface area contributed by atoms with Crippen molar-refractivity contribution in [2.45, 2.75) is 95.9 Å². The molecule has 0 unspecified atom stereocenters. The second-order valence-electron chi connectivity index (χ2n) is 15.8. The molecule has 3 fully saturated rings. The van der Waals surface area contributed by atoms with Gasteiger partial charge in [0, 0.05) is 37.6 Å². The van der Waals surface area contributed by atoms with Gasteiger partial charge in [-0.15, -0.1) is 0 Å². The number of hydrogen-bond acceptors (Lipinski definition) is 9. The molecule has 1 aliphatic carbocycles. The molecule has 0 amide bonds. The van der Waals surface area contributed by atoms with Gasteiger partial charge in [-0.1, -0.05) is 69.1 Å². The standard InChI is InChI=1S/C36H50ClF2N5O4Si/c1-34(2,3)49(6,7)48-35(4)21-43(16-17-46-22-35)31-27-29(28(39)30(37)41-32(27)45-5)40-33(42-31)47-23-36-15-11-14-26(36)44(20-25(38)18-36)19-24-12-9-8-10-13-24/h8-10,12-13,25-26H,11,14-23H2,1-7H3/t25-,26+,35-,36+/m0/s1. The van der Waals surface area contributed by atoms with E-state index in [0.29, 0.717) is 57.0 Å². The molecule has 49 heavy (non-hydrogen) atoms. The van der Waals surface area contributed by atoms with Crippen molar-refractivity contribution in [2.75, 3.05) is 51.5 Å². The minimum Gasteiger partial charge on any atom is -0.480 e. The minimum atomic E-state index is -2.21. The van der Waals surface area contributed by atoms with E-state index in [1.807, 2.05) is 23.1 Å². The molecule has 3 aliphatic rings. The largest absolute Gasteiger partial charge is 0.480 e. The van der Waals surface area contributed by atoms with Gasteiger partial charge in [-0.05, 0) is 49.9 Å². The molecule has 0 N–H and O–H groups in total. The topological polar surface area (TPSA) is 82.1 Å². The molecular weight excluding hydrogens is 668 g/mol. The number of methoxy groups -OCH3 is 1. The predicted molar refractivity (Wildman–Crippen MR) is 191 cm³/mol. The van der Waals surface area contributed by atoms with E-state index < -0.39 is 31.3 Å². The van der Waals surface area contributed by atoms with Gasteiger partial charge in [-0.25, -0.2) is 8.78 Å². The van der Waals surface area contributed by atoms with E-state index in [0.717, 1.165) is 24.8 Å². The summed E-state index contributed by atoms with van der Waals surface area (Å²) in [4.78, 5) is 17.9. The van der Waals surface area contributed by atoms with Gasteiger partial charge in [0.1, 0.15) is 22.9 Å². The van der Waals surface area contributed by atoms with E-state index in [-0.39, 0.29) is 40.2 Å². The van der Waals surface area contributed by atoms with Gasteiger partial charge >= 0.3 is 6.01 Å². The second-order valence-corrected chi connectivity index (χ2v) is 20.9. The third-order valence-electron chi connectivity index (χ3n) is 11.0. The maximum atomic E-state index is 15.8. The number of ether oxygens (including phenoxy) is 3. The van der Waals surface area contributed by atoms with Gasteiger partial charge in [0.2, 0.25) is 5.88 Å². The minimum absolute atomic E-state index is 0.00137. The summed E-state index contributed by atoms with van der Waals surface area (Å²) in [6.07, 6.45) is 2.17. The third kappa shape index (κ3) is 7.40. The van der Waals surface area contributed by atoms with Crippen molar-refractivity contribution in [3.63, 3.8) is 0 Å². The molecule has 3 aromatic rings. The molecular formula is C36H50ClF2N5O4Si. The Bertz CT molecular complexity index is 1650. The molecule has 1 saturated carbocycles. The zero-order chi connectivity index (χ0) is 35.2. The van der Waals surface area contributed by atoms with Crippen LogP contribution in [0.1, 0.15) is 58.9 Å². The predicted octanol–water partition coefficient (Wildman–Crippen LogP) is 7.60.